The van der Waals surface area contributed by atoms with Gasteiger partial charge in [0.1, 0.15) is 5.82 Å². The first-order valence-corrected chi connectivity index (χ1v) is 9.17. The topological polar surface area (TPSA) is 53.0 Å². The molecule has 1 aliphatic heterocycles. The Morgan fingerprint density at radius 2 is 2.00 bits per heavy atom. The second-order valence-corrected chi connectivity index (χ2v) is 7.45. The van der Waals surface area contributed by atoms with E-state index in [9.17, 15) is 0 Å². The van der Waals surface area contributed by atoms with Crippen LogP contribution in [0.15, 0.2) is 29.4 Å². The number of piperazine rings is 1. The monoisotopic (exact) mass is 347 g/mol. The molecular weight excluding hydrogens is 314 g/mol. The zero-order valence-electron chi connectivity index (χ0n) is 16.3. The minimum Gasteiger partial charge on any atom is -0.379 e. The molecule has 1 aliphatic rings. The Balaban J connectivity index is 1.98. The molecule has 2 heterocycles. The molecule has 6 nitrogen and oxygen atoms in total. The predicted octanol–water partition coefficient (Wildman–Crippen LogP) is 2.23. The van der Waals surface area contributed by atoms with Gasteiger partial charge in [-0.3, -0.25) is 4.99 Å². The highest BCUT2D eigenvalue weighted by Gasteiger charge is 2.25. The second-order valence-electron chi connectivity index (χ2n) is 7.45. The number of aromatic nitrogens is 1. The number of nitrogens with zero attached hydrogens (tertiary/aromatic N) is 4. The molecule has 140 valence electrons. The molecule has 0 spiro atoms. The van der Waals surface area contributed by atoms with Crippen molar-refractivity contribution in [3.05, 3.63) is 24.4 Å². The van der Waals surface area contributed by atoms with Gasteiger partial charge < -0.3 is 19.9 Å². The lowest BCUT2D eigenvalue weighted by Crippen LogP contribution is -2.53. The highest BCUT2D eigenvalue weighted by molar-refractivity contribution is 5.80. The lowest BCUT2D eigenvalue weighted by molar-refractivity contribution is 0.0239. The molecule has 6 heteroatoms. The van der Waals surface area contributed by atoms with Gasteiger partial charge in [0.25, 0.3) is 0 Å². The fourth-order valence-electron chi connectivity index (χ4n) is 2.99. The van der Waals surface area contributed by atoms with Crippen molar-refractivity contribution in [2.75, 3.05) is 51.3 Å². The van der Waals surface area contributed by atoms with Crippen LogP contribution in [0, 0.1) is 5.41 Å². The average Bonchev–Trinajstić information content (AvgIpc) is 2.61. The van der Waals surface area contributed by atoms with E-state index in [2.05, 4.69) is 53.9 Å². The van der Waals surface area contributed by atoms with Crippen LogP contribution in [0.2, 0.25) is 0 Å². The Kier molecular flexibility index (Phi) is 7.05. The third kappa shape index (κ3) is 5.59. The highest BCUT2D eigenvalue weighted by atomic mass is 16.5. The summed E-state index contributed by atoms with van der Waals surface area (Å²) in [4.78, 5) is 14.0. The van der Waals surface area contributed by atoms with E-state index >= 15 is 0 Å². The van der Waals surface area contributed by atoms with Crippen LogP contribution in [-0.2, 0) is 4.74 Å². The summed E-state index contributed by atoms with van der Waals surface area (Å²) in [5, 5.41) is 3.42. The number of methoxy groups -OCH3 is 1. The Bertz CT molecular complexity index is 532. The lowest BCUT2D eigenvalue weighted by Gasteiger charge is -2.37. The van der Waals surface area contributed by atoms with E-state index in [-0.39, 0.29) is 11.5 Å². The van der Waals surface area contributed by atoms with Gasteiger partial charge in [0.15, 0.2) is 5.96 Å². The van der Waals surface area contributed by atoms with Crippen LogP contribution in [0.3, 0.4) is 0 Å². The van der Waals surface area contributed by atoms with Crippen molar-refractivity contribution in [1.82, 2.24) is 15.2 Å². The summed E-state index contributed by atoms with van der Waals surface area (Å²) in [6.45, 7) is 14.0. The molecule has 1 unspecified atom stereocenters. The third-order valence-electron chi connectivity index (χ3n) is 4.54. The van der Waals surface area contributed by atoms with Gasteiger partial charge in [0, 0.05) is 46.0 Å². The zero-order chi connectivity index (χ0) is 18.3. The number of nitrogens with one attached hydrogen (secondary N) is 1. The normalized spacial score (nSPS) is 17.6. The van der Waals surface area contributed by atoms with Crippen LogP contribution in [-0.4, -0.2) is 68.3 Å². The number of rotatable bonds is 5. The van der Waals surface area contributed by atoms with Crippen LogP contribution >= 0.6 is 0 Å². The molecule has 0 bridgehead atoms. The molecule has 25 heavy (non-hydrogen) atoms. The van der Waals surface area contributed by atoms with Crippen LogP contribution in [0.1, 0.15) is 27.7 Å². The van der Waals surface area contributed by atoms with Gasteiger partial charge in [-0.05, 0) is 24.5 Å². The third-order valence-corrected chi connectivity index (χ3v) is 4.54. The van der Waals surface area contributed by atoms with E-state index in [0.717, 1.165) is 44.5 Å². The molecule has 0 aromatic carbocycles. The average molecular weight is 348 g/mol. The zero-order valence-corrected chi connectivity index (χ0v) is 16.3. The Morgan fingerprint density at radius 3 is 2.52 bits per heavy atom. The first-order chi connectivity index (χ1) is 12.0. The quantitative estimate of drug-likeness (QED) is 0.654. The Hall–Kier alpha value is -1.82. The van der Waals surface area contributed by atoms with Gasteiger partial charge in [0.05, 0.1) is 12.6 Å². The van der Waals surface area contributed by atoms with Crippen LogP contribution in [0.4, 0.5) is 5.82 Å². The molecule has 0 amide bonds. The maximum absolute atomic E-state index is 5.64. The fourth-order valence-corrected chi connectivity index (χ4v) is 2.99. The molecule has 1 N–H and O–H groups in total. The van der Waals surface area contributed by atoms with Gasteiger partial charge in [-0.2, -0.15) is 0 Å². The smallest absolute Gasteiger partial charge is 0.194 e. The van der Waals surface area contributed by atoms with Crippen molar-refractivity contribution in [2.24, 2.45) is 10.4 Å². The number of hydrogen-bond acceptors (Lipinski definition) is 4. The Morgan fingerprint density at radius 1 is 1.28 bits per heavy atom. The number of pyridine rings is 1. The minimum absolute atomic E-state index is 0.0766. The molecule has 1 saturated heterocycles. The van der Waals surface area contributed by atoms with Crippen LogP contribution in [0.5, 0.6) is 0 Å². The lowest BCUT2D eigenvalue weighted by atomic mass is 9.89. The van der Waals surface area contributed by atoms with Crippen LogP contribution < -0.4 is 10.2 Å². The fraction of sp³-hybridized carbons (Fsp3) is 0.684. The molecule has 0 radical (unpaired) electrons. The molecule has 1 aromatic heterocycles. The SMILES string of the molecule is CCNC(=NCC(OC)C(C)(C)C)N1CCN(c2ccccn2)CC1. The van der Waals surface area contributed by atoms with E-state index < -0.39 is 0 Å². The van der Waals surface area contributed by atoms with Crippen molar-refractivity contribution in [2.45, 2.75) is 33.8 Å². The summed E-state index contributed by atoms with van der Waals surface area (Å²) in [5.41, 5.74) is 0.0766. The van der Waals surface area contributed by atoms with Crippen LogP contribution in [0.25, 0.3) is 0 Å². The van der Waals surface area contributed by atoms with Crippen molar-refractivity contribution < 1.29 is 4.74 Å². The summed E-state index contributed by atoms with van der Waals surface area (Å²) in [7, 11) is 1.77. The maximum Gasteiger partial charge on any atom is 0.194 e. The van der Waals surface area contributed by atoms with E-state index in [1.807, 2.05) is 18.3 Å². The first-order valence-electron chi connectivity index (χ1n) is 9.17. The van der Waals surface area contributed by atoms with Gasteiger partial charge in [-0.1, -0.05) is 26.8 Å². The maximum atomic E-state index is 5.64. The molecule has 1 fully saturated rings. The Labute approximate surface area is 152 Å². The molecule has 0 saturated carbocycles. The summed E-state index contributed by atoms with van der Waals surface area (Å²) >= 11 is 0. The summed E-state index contributed by atoms with van der Waals surface area (Å²) in [6.07, 6.45) is 1.96. The van der Waals surface area contributed by atoms with Crippen molar-refractivity contribution >= 4 is 11.8 Å². The van der Waals surface area contributed by atoms with Gasteiger partial charge in [-0.25, -0.2) is 4.98 Å². The molecular formula is C19H33N5O. The minimum atomic E-state index is 0.0766. The van der Waals surface area contributed by atoms with Gasteiger partial charge in [-0.15, -0.1) is 0 Å². The number of guanidine groups is 1. The first kappa shape index (κ1) is 19.5. The molecule has 1 atom stereocenters. The molecule has 0 aliphatic carbocycles. The number of ether oxygens (including phenoxy) is 1. The number of hydrogen-bond donors (Lipinski definition) is 1. The van der Waals surface area contributed by atoms with E-state index in [1.54, 1.807) is 7.11 Å². The standard InChI is InChI=1S/C19H33N5O/c1-6-20-18(22-15-16(25-5)19(2,3)4)24-13-11-23(12-14-24)17-9-7-8-10-21-17/h7-10,16H,6,11-15H2,1-5H3,(H,20,22). The predicted molar refractivity (Wildman–Crippen MR) is 104 cm³/mol. The molecule has 2 rings (SSSR count). The summed E-state index contributed by atoms with van der Waals surface area (Å²) in [6, 6.07) is 6.07. The van der Waals surface area contributed by atoms with E-state index in [0.29, 0.717) is 6.54 Å². The summed E-state index contributed by atoms with van der Waals surface area (Å²) in [5.74, 6) is 2.03. The largest absolute Gasteiger partial charge is 0.379 e. The van der Waals surface area contributed by atoms with Crippen molar-refractivity contribution in [3.63, 3.8) is 0 Å². The van der Waals surface area contributed by atoms with E-state index in [1.165, 1.54) is 0 Å². The highest BCUT2D eigenvalue weighted by Crippen LogP contribution is 2.22. The molecule has 1 aromatic rings. The van der Waals surface area contributed by atoms with E-state index in [4.69, 9.17) is 9.73 Å². The number of anilines is 1. The van der Waals surface area contributed by atoms with Crippen molar-refractivity contribution in [1.29, 1.82) is 0 Å². The second kappa shape index (κ2) is 9.04. The number of aliphatic imine (C=N–C) groups is 1. The summed E-state index contributed by atoms with van der Waals surface area (Å²) < 4.78 is 5.64. The van der Waals surface area contributed by atoms with Crippen molar-refractivity contribution in [3.8, 4) is 0 Å². The van der Waals surface area contributed by atoms with Gasteiger partial charge >= 0.3 is 0 Å². The van der Waals surface area contributed by atoms with Gasteiger partial charge in [0.2, 0.25) is 0 Å².